The molecule has 0 heterocycles. The van der Waals surface area contributed by atoms with Crippen LogP contribution in [0.15, 0.2) is 24.3 Å². The molecule has 0 spiro atoms. The highest BCUT2D eigenvalue weighted by molar-refractivity contribution is 5.29. The van der Waals surface area contributed by atoms with Crippen LogP contribution in [0.1, 0.15) is 84.9 Å². The van der Waals surface area contributed by atoms with Gasteiger partial charge in [0.15, 0.2) is 0 Å². The van der Waals surface area contributed by atoms with Crippen molar-refractivity contribution < 1.29 is 0 Å². The number of nitrogens with one attached hydrogen (secondary N) is 1. The minimum atomic E-state index is 0.235. The molecule has 2 atom stereocenters. The van der Waals surface area contributed by atoms with Gasteiger partial charge in [0.1, 0.15) is 0 Å². The third-order valence-corrected chi connectivity index (χ3v) is 4.23. The van der Waals surface area contributed by atoms with Gasteiger partial charge in [0.2, 0.25) is 0 Å². The lowest BCUT2D eigenvalue weighted by atomic mass is 9.86. The monoisotopic (exact) mass is 289 g/mol. The summed E-state index contributed by atoms with van der Waals surface area (Å²) in [5, 5.41) is 3.73. The molecule has 0 saturated carbocycles. The van der Waals surface area contributed by atoms with Gasteiger partial charge in [0.05, 0.1) is 0 Å². The Morgan fingerprint density at radius 1 is 0.905 bits per heavy atom. The summed E-state index contributed by atoms with van der Waals surface area (Å²) in [6.07, 6.45) is 3.92. The molecule has 1 aromatic carbocycles. The van der Waals surface area contributed by atoms with E-state index in [0.29, 0.717) is 12.1 Å². The first kappa shape index (κ1) is 18.2. The number of rotatable bonds is 7. The number of hydrogen-bond acceptors (Lipinski definition) is 1. The molecule has 0 amide bonds. The van der Waals surface area contributed by atoms with Gasteiger partial charge in [0.25, 0.3) is 0 Å². The Morgan fingerprint density at radius 3 is 1.95 bits per heavy atom. The molecule has 0 radical (unpaired) electrons. The van der Waals surface area contributed by atoms with Gasteiger partial charge in [-0.15, -0.1) is 0 Å². The fraction of sp³-hybridized carbons (Fsp3) is 0.700. The van der Waals surface area contributed by atoms with E-state index in [-0.39, 0.29) is 5.41 Å². The van der Waals surface area contributed by atoms with E-state index in [9.17, 15) is 0 Å². The van der Waals surface area contributed by atoms with Crippen molar-refractivity contribution in [3.63, 3.8) is 0 Å². The predicted octanol–water partition coefficient (Wildman–Crippen LogP) is 5.85. The molecular weight excluding hydrogens is 254 g/mol. The van der Waals surface area contributed by atoms with E-state index < -0.39 is 0 Å². The fourth-order valence-corrected chi connectivity index (χ4v) is 2.71. The van der Waals surface area contributed by atoms with Crippen molar-refractivity contribution >= 4 is 0 Å². The zero-order valence-electron chi connectivity index (χ0n) is 15.2. The molecule has 0 aliphatic rings. The Morgan fingerprint density at radius 2 is 1.48 bits per heavy atom. The van der Waals surface area contributed by atoms with Crippen LogP contribution < -0.4 is 5.32 Å². The summed E-state index contributed by atoms with van der Waals surface area (Å²) in [6.45, 7) is 16.0. The SMILES string of the molecule is CC(C)CCCC(C)NC(C)c1ccc(C(C)(C)C)cc1. The Balaban J connectivity index is 2.49. The van der Waals surface area contributed by atoms with E-state index in [0.717, 1.165) is 5.92 Å². The normalized spacial score (nSPS) is 15.2. The maximum atomic E-state index is 3.73. The molecular formula is C20H35N. The molecule has 0 aliphatic heterocycles. The zero-order chi connectivity index (χ0) is 16.0. The van der Waals surface area contributed by atoms with Crippen LogP contribution in [0.3, 0.4) is 0 Å². The van der Waals surface area contributed by atoms with Crippen molar-refractivity contribution in [1.29, 1.82) is 0 Å². The maximum absolute atomic E-state index is 3.73. The average molecular weight is 290 g/mol. The topological polar surface area (TPSA) is 12.0 Å². The minimum absolute atomic E-state index is 0.235. The van der Waals surface area contributed by atoms with Crippen LogP contribution in [0.4, 0.5) is 0 Å². The van der Waals surface area contributed by atoms with Crippen LogP contribution in [-0.4, -0.2) is 6.04 Å². The Labute approximate surface area is 132 Å². The summed E-state index contributed by atoms with van der Waals surface area (Å²) in [6, 6.07) is 10.1. The maximum Gasteiger partial charge on any atom is 0.0294 e. The fourth-order valence-electron chi connectivity index (χ4n) is 2.71. The molecule has 1 heteroatoms. The summed E-state index contributed by atoms with van der Waals surface area (Å²) in [5.74, 6) is 0.819. The standard InChI is InChI=1S/C20H35N/c1-15(2)9-8-10-16(3)21-17(4)18-11-13-19(14-12-18)20(5,6)7/h11-17,21H,8-10H2,1-7H3. The minimum Gasteiger partial charge on any atom is -0.308 e. The summed E-state index contributed by atoms with van der Waals surface area (Å²) in [4.78, 5) is 0. The van der Waals surface area contributed by atoms with Crippen molar-refractivity contribution in [2.45, 2.75) is 85.2 Å². The van der Waals surface area contributed by atoms with Crippen molar-refractivity contribution in [1.82, 2.24) is 5.32 Å². The lowest BCUT2D eigenvalue weighted by Gasteiger charge is -2.23. The predicted molar refractivity (Wildman–Crippen MR) is 94.8 cm³/mol. The zero-order valence-corrected chi connectivity index (χ0v) is 15.2. The highest BCUT2D eigenvalue weighted by Gasteiger charge is 2.14. The van der Waals surface area contributed by atoms with Crippen LogP contribution in [-0.2, 0) is 5.41 Å². The highest BCUT2D eigenvalue weighted by atomic mass is 14.9. The summed E-state index contributed by atoms with van der Waals surface area (Å²) < 4.78 is 0. The van der Waals surface area contributed by atoms with Crippen LogP contribution >= 0.6 is 0 Å². The molecule has 1 aromatic rings. The van der Waals surface area contributed by atoms with Crippen molar-refractivity contribution in [2.24, 2.45) is 5.92 Å². The van der Waals surface area contributed by atoms with Crippen molar-refractivity contribution in [3.8, 4) is 0 Å². The first-order valence-electron chi connectivity index (χ1n) is 8.56. The second-order valence-electron chi connectivity index (χ2n) is 7.99. The van der Waals surface area contributed by atoms with Crippen LogP contribution in [0.5, 0.6) is 0 Å². The van der Waals surface area contributed by atoms with Gasteiger partial charge in [-0.05, 0) is 42.7 Å². The quantitative estimate of drug-likeness (QED) is 0.664. The molecule has 0 aromatic heterocycles. The first-order valence-corrected chi connectivity index (χ1v) is 8.56. The van der Waals surface area contributed by atoms with Crippen LogP contribution in [0.25, 0.3) is 0 Å². The summed E-state index contributed by atoms with van der Waals surface area (Å²) >= 11 is 0. The van der Waals surface area contributed by atoms with Crippen molar-refractivity contribution in [3.05, 3.63) is 35.4 Å². The van der Waals surface area contributed by atoms with E-state index in [1.165, 1.54) is 30.4 Å². The van der Waals surface area contributed by atoms with Gasteiger partial charge in [-0.25, -0.2) is 0 Å². The van der Waals surface area contributed by atoms with Gasteiger partial charge >= 0.3 is 0 Å². The average Bonchev–Trinajstić information content (AvgIpc) is 2.37. The molecule has 2 unspecified atom stereocenters. The van der Waals surface area contributed by atoms with E-state index in [1.807, 2.05) is 0 Å². The third-order valence-electron chi connectivity index (χ3n) is 4.23. The van der Waals surface area contributed by atoms with Crippen LogP contribution in [0.2, 0.25) is 0 Å². The molecule has 0 bridgehead atoms. The summed E-state index contributed by atoms with van der Waals surface area (Å²) in [7, 11) is 0. The third kappa shape index (κ3) is 6.65. The summed E-state index contributed by atoms with van der Waals surface area (Å²) in [5.41, 5.74) is 3.03. The van der Waals surface area contributed by atoms with E-state index >= 15 is 0 Å². The molecule has 1 rings (SSSR count). The first-order chi connectivity index (χ1) is 9.70. The largest absolute Gasteiger partial charge is 0.308 e. The second kappa shape index (κ2) is 7.98. The van der Waals surface area contributed by atoms with Gasteiger partial charge in [-0.3, -0.25) is 0 Å². The molecule has 120 valence electrons. The van der Waals surface area contributed by atoms with Gasteiger partial charge in [0, 0.05) is 12.1 Å². The highest BCUT2D eigenvalue weighted by Crippen LogP contribution is 2.24. The molecule has 1 N–H and O–H groups in total. The molecule has 1 nitrogen and oxygen atoms in total. The molecule has 0 aliphatic carbocycles. The molecule has 0 saturated heterocycles. The van der Waals surface area contributed by atoms with Gasteiger partial charge < -0.3 is 5.32 Å². The lowest BCUT2D eigenvalue weighted by molar-refractivity contribution is 0.423. The van der Waals surface area contributed by atoms with Crippen molar-refractivity contribution in [2.75, 3.05) is 0 Å². The lowest BCUT2D eigenvalue weighted by Crippen LogP contribution is -2.29. The molecule has 21 heavy (non-hydrogen) atoms. The van der Waals surface area contributed by atoms with Gasteiger partial charge in [-0.1, -0.05) is 71.7 Å². The second-order valence-corrected chi connectivity index (χ2v) is 7.99. The van der Waals surface area contributed by atoms with E-state index in [2.05, 4.69) is 78.0 Å². The Hall–Kier alpha value is -0.820. The van der Waals surface area contributed by atoms with E-state index in [1.54, 1.807) is 0 Å². The number of hydrogen-bond donors (Lipinski definition) is 1. The smallest absolute Gasteiger partial charge is 0.0294 e. The van der Waals surface area contributed by atoms with Crippen LogP contribution in [0, 0.1) is 5.92 Å². The number of benzene rings is 1. The Kier molecular flexibility index (Phi) is 6.93. The van der Waals surface area contributed by atoms with E-state index in [4.69, 9.17) is 0 Å². The van der Waals surface area contributed by atoms with Gasteiger partial charge in [-0.2, -0.15) is 0 Å². The Bertz CT molecular complexity index is 397. The molecule has 0 fully saturated rings.